The van der Waals surface area contributed by atoms with E-state index < -0.39 is 30.8 Å². The quantitative estimate of drug-likeness (QED) is 0.105. The summed E-state index contributed by atoms with van der Waals surface area (Å²) in [5, 5.41) is 35.9. The number of hydrogen-bond donors (Lipinski definition) is 0. The number of rotatable bonds is 13. The Kier molecular flexibility index (Phi) is 17.3. The van der Waals surface area contributed by atoms with E-state index in [4.69, 9.17) is 9.78 Å². The van der Waals surface area contributed by atoms with Crippen LogP contribution in [0.3, 0.4) is 0 Å². The molecular formula is C38H39N7O6STc. The summed E-state index contributed by atoms with van der Waals surface area (Å²) in [5.41, 5.74) is 4.89. The fraction of sp³-hybridized carbons (Fsp3) is 0.289. The average molecular weight is 821 g/mol. The van der Waals surface area contributed by atoms with E-state index in [1.807, 2.05) is 91.7 Å². The molecule has 3 aromatic carbocycles. The maximum Gasteiger partial charge on any atom is 4.00 e. The number of nitrogens with zero attached hydrogens (tertiary/aromatic N) is 7. The summed E-state index contributed by atoms with van der Waals surface area (Å²) in [6.45, 7) is 3.38. The number of hydrogen-bond acceptors (Lipinski definition) is 12. The van der Waals surface area contributed by atoms with Crippen LogP contribution in [-0.4, -0.2) is 115 Å². The zero-order valence-corrected chi connectivity index (χ0v) is 31.9. The average Bonchev–Trinajstić information content (AvgIpc) is 3.19. The molecule has 1 fully saturated rings. The number of benzene rings is 3. The second-order valence-corrected chi connectivity index (χ2v) is 12.1. The summed E-state index contributed by atoms with van der Waals surface area (Å²) in [6, 6.07) is 27.6. The molecule has 1 radical (unpaired) electrons. The van der Waals surface area contributed by atoms with E-state index >= 15 is 0 Å². The van der Waals surface area contributed by atoms with Gasteiger partial charge in [0.15, 0.2) is 0 Å². The van der Waals surface area contributed by atoms with Crippen LogP contribution in [0.15, 0.2) is 99.9 Å². The van der Waals surface area contributed by atoms with Crippen LogP contribution < -0.4 is 15.3 Å². The van der Waals surface area contributed by atoms with Crippen molar-refractivity contribution < 1.29 is 49.8 Å². The van der Waals surface area contributed by atoms with Crippen LogP contribution in [0.2, 0.25) is 0 Å². The SMILES string of the molecule is C=O.CN(Cc1ccccc1)C(=O)c1nc2ccccc2c(-c2ccccc2)c1CN1CCN(C(=O)CN=C([O-])CN=C([O-])CN=C([O-])C[S-])CC1.[99Tc+4]. The van der Waals surface area contributed by atoms with E-state index in [2.05, 4.69) is 32.5 Å². The van der Waals surface area contributed by atoms with Gasteiger partial charge >= 0.3 is 20.1 Å². The maximum absolute atomic E-state index is 14.2. The molecular weight excluding hydrogens is 781 g/mol. The summed E-state index contributed by atoms with van der Waals surface area (Å²) in [6.07, 6.45) is 0. The number of carbonyl (C=O) groups excluding carboxylic acids is 3. The molecule has 275 valence electrons. The molecule has 1 saturated heterocycles. The third kappa shape index (κ3) is 12.0. The molecule has 13 nitrogen and oxygen atoms in total. The zero-order chi connectivity index (χ0) is 37.5. The minimum Gasteiger partial charge on any atom is -0.863 e. The van der Waals surface area contributed by atoms with Gasteiger partial charge in [0.1, 0.15) is 19.0 Å². The third-order valence-electron chi connectivity index (χ3n) is 8.27. The van der Waals surface area contributed by atoms with Crippen LogP contribution >= 0.6 is 0 Å². The number of carbonyl (C=O) groups is 3. The largest absolute Gasteiger partial charge is 4.00 e. The van der Waals surface area contributed by atoms with Gasteiger partial charge in [-0.1, -0.05) is 84.8 Å². The van der Waals surface area contributed by atoms with Gasteiger partial charge in [0, 0.05) is 57.3 Å². The molecule has 2 heterocycles. The Balaban J connectivity index is 0.00000248. The number of piperazine rings is 1. The van der Waals surface area contributed by atoms with Gasteiger partial charge in [0.25, 0.3) is 5.91 Å². The number of pyridine rings is 1. The van der Waals surface area contributed by atoms with Gasteiger partial charge in [-0.15, -0.1) is 5.75 Å². The second kappa shape index (κ2) is 21.5. The first-order valence-corrected chi connectivity index (χ1v) is 17.1. The first kappa shape index (κ1) is 42.5. The molecule has 4 aromatic rings. The van der Waals surface area contributed by atoms with E-state index in [0.29, 0.717) is 45.0 Å². The zero-order valence-electron chi connectivity index (χ0n) is 29.2. The number of aromatic nitrogens is 1. The van der Waals surface area contributed by atoms with Crippen molar-refractivity contribution >= 4 is 59.8 Å². The summed E-state index contributed by atoms with van der Waals surface area (Å²) >= 11 is 4.55. The number of para-hydroxylation sites is 1. The van der Waals surface area contributed by atoms with Crippen LogP contribution in [0, 0.1) is 0 Å². The van der Waals surface area contributed by atoms with Crippen LogP contribution in [0.25, 0.3) is 22.0 Å². The first-order valence-electron chi connectivity index (χ1n) is 16.5. The molecule has 0 N–H and O–H groups in total. The standard InChI is InChI=1S/C37H41N7O5S.CH2O.Tc/c1-42(23-26-10-4-2-5-11-26)37(49)36-29(35(27-12-6-3-7-13-27)28-14-8-9-15-30(28)41-36)24-43-16-18-44(19-17-43)34(48)22-40-32(46)20-38-31(45)21-39-33(47)25-50;1-2;/h2-15,50H,16-25H2,1H3,(H,38,45)(H,39,47)(H,40,46);1H2;/q;;+4/p-4/i;;1+1. The Morgan fingerprint density at radius 3 is 1.96 bits per heavy atom. The summed E-state index contributed by atoms with van der Waals surface area (Å²) in [4.78, 5) is 56.3. The van der Waals surface area contributed by atoms with Crippen molar-refractivity contribution in [2.75, 3.05) is 58.6 Å². The summed E-state index contributed by atoms with van der Waals surface area (Å²) in [5.74, 6) is -2.79. The first-order chi connectivity index (χ1) is 25.2. The molecule has 5 rings (SSSR count). The minimum absolute atomic E-state index is 0. The van der Waals surface area contributed by atoms with Crippen molar-refractivity contribution in [3.8, 4) is 11.1 Å². The maximum atomic E-state index is 14.2. The number of aliphatic imine (C=N–C) groups is 3. The predicted molar refractivity (Wildman–Crippen MR) is 198 cm³/mol. The summed E-state index contributed by atoms with van der Waals surface area (Å²) in [7, 11) is 1.78. The van der Waals surface area contributed by atoms with Gasteiger partial charge in [-0.2, -0.15) is 0 Å². The van der Waals surface area contributed by atoms with Gasteiger partial charge in [0.2, 0.25) is 5.91 Å². The van der Waals surface area contributed by atoms with Crippen molar-refractivity contribution in [2.24, 2.45) is 15.0 Å². The topological polar surface area (TPSA) is 180 Å². The van der Waals surface area contributed by atoms with Crippen molar-refractivity contribution in [1.82, 2.24) is 19.7 Å². The van der Waals surface area contributed by atoms with E-state index in [1.54, 1.807) is 16.8 Å². The number of fused-ring (bicyclic) bond motifs is 1. The van der Waals surface area contributed by atoms with Crippen molar-refractivity contribution in [3.63, 3.8) is 0 Å². The van der Waals surface area contributed by atoms with Crippen molar-refractivity contribution in [2.45, 2.75) is 13.1 Å². The van der Waals surface area contributed by atoms with Gasteiger partial charge < -0.3 is 47.5 Å². The van der Waals surface area contributed by atoms with E-state index in [-0.39, 0.29) is 44.2 Å². The molecule has 0 unspecified atom stereocenters. The van der Waals surface area contributed by atoms with Crippen LogP contribution in [0.4, 0.5) is 0 Å². The van der Waals surface area contributed by atoms with E-state index in [1.165, 1.54) is 0 Å². The number of amides is 2. The molecule has 53 heavy (non-hydrogen) atoms. The molecule has 15 heteroatoms. The molecule has 0 saturated carbocycles. The fourth-order valence-electron chi connectivity index (χ4n) is 5.72. The van der Waals surface area contributed by atoms with Crippen LogP contribution in [0.1, 0.15) is 21.6 Å². The molecule has 0 bridgehead atoms. The third-order valence-corrected chi connectivity index (χ3v) is 8.52. The molecule has 1 aromatic heterocycles. The second-order valence-electron chi connectivity index (χ2n) is 11.8. The van der Waals surface area contributed by atoms with Crippen LogP contribution in [-0.2, 0) is 55.4 Å². The Morgan fingerprint density at radius 2 is 1.34 bits per heavy atom. The Bertz CT molecular complexity index is 1910. The Labute approximate surface area is 327 Å². The van der Waals surface area contributed by atoms with E-state index in [0.717, 1.165) is 33.2 Å². The van der Waals surface area contributed by atoms with Gasteiger partial charge in [-0.25, -0.2) is 4.98 Å². The van der Waals surface area contributed by atoms with Crippen molar-refractivity contribution in [1.29, 1.82) is 0 Å². The van der Waals surface area contributed by atoms with Crippen LogP contribution in [0.5, 0.6) is 0 Å². The molecule has 0 aliphatic carbocycles. The monoisotopic (exact) mass is 820 g/mol. The molecule has 1 aliphatic rings. The minimum atomic E-state index is -0.738. The van der Waals surface area contributed by atoms with Gasteiger partial charge in [-0.3, -0.25) is 24.5 Å². The fourth-order valence-corrected chi connectivity index (χ4v) is 5.81. The molecule has 0 atom stereocenters. The van der Waals surface area contributed by atoms with E-state index in [9.17, 15) is 24.9 Å². The smallest absolute Gasteiger partial charge is 0.863 e. The predicted octanol–water partition coefficient (Wildman–Crippen LogP) is 0.454. The Hall–Kier alpha value is -4.95. The molecule has 0 spiro atoms. The van der Waals surface area contributed by atoms with Gasteiger partial charge in [0.05, 0.1) is 18.6 Å². The molecule has 2 amide bonds. The van der Waals surface area contributed by atoms with Crippen molar-refractivity contribution in [3.05, 3.63) is 102 Å². The Morgan fingerprint density at radius 1 is 0.792 bits per heavy atom. The van der Waals surface area contributed by atoms with Gasteiger partial charge in [-0.05, 0) is 34.6 Å². The summed E-state index contributed by atoms with van der Waals surface area (Å²) < 4.78 is 0. The molecule has 1 aliphatic heterocycles. The normalized spacial score (nSPS) is 13.8.